The molecule has 0 fully saturated rings. The van der Waals surface area contributed by atoms with E-state index in [0.717, 1.165) is 0 Å². The van der Waals surface area contributed by atoms with Crippen LogP contribution in [-0.2, 0) is 15.5 Å². The highest BCUT2D eigenvalue weighted by molar-refractivity contribution is 7.85. The van der Waals surface area contributed by atoms with Crippen molar-refractivity contribution in [1.29, 1.82) is 0 Å². The molecule has 0 amide bonds. The Bertz CT molecular complexity index is 330. The molecule has 1 aromatic heterocycles. The van der Waals surface area contributed by atoms with E-state index in [0.29, 0.717) is 16.3 Å². The molecule has 1 heterocycles. The summed E-state index contributed by atoms with van der Waals surface area (Å²) in [6, 6.07) is 1.67. The van der Waals surface area contributed by atoms with Gasteiger partial charge in [0.05, 0.1) is 39.4 Å². The van der Waals surface area contributed by atoms with Crippen LogP contribution in [0, 0.1) is 0 Å². The second-order valence-electron chi connectivity index (χ2n) is 2.97. The Labute approximate surface area is 85.9 Å². The summed E-state index contributed by atoms with van der Waals surface area (Å²) in [7, 11) is 0.480. The van der Waals surface area contributed by atoms with Crippen molar-refractivity contribution in [1.82, 2.24) is 4.98 Å². The minimum absolute atomic E-state index is 0.0385. The Hall–Kier alpha value is -0.940. The van der Waals surface area contributed by atoms with Crippen molar-refractivity contribution in [3.05, 3.63) is 18.5 Å². The molecule has 0 saturated heterocycles. The lowest BCUT2D eigenvalue weighted by Crippen LogP contribution is -2.16. The number of aromatic nitrogens is 1. The fraction of sp³-hybridized carbons (Fsp3) is 0.444. The van der Waals surface area contributed by atoms with E-state index >= 15 is 0 Å². The molecule has 2 unspecified atom stereocenters. The summed E-state index contributed by atoms with van der Waals surface area (Å²) < 4.78 is 16.8. The zero-order valence-corrected chi connectivity index (χ0v) is 9.08. The van der Waals surface area contributed by atoms with Crippen molar-refractivity contribution in [3.63, 3.8) is 0 Å². The molecule has 2 atom stereocenters. The summed E-state index contributed by atoms with van der Waals surface area (Å²) in [5.41, 5.74) is 6.11. The van der Waals surface area contributed by atoms with Crippen molar-refractivity contribution < 1.29 is 8.95 Å². The predicted molar refractivity (Wildman–Crippen MR) is 56.4 cm³/mol. The lowest BCUT2D eigenvalue weighted by molar-refractivity contribution is 0.137. The fourth-order valence-electron chi connectivity index (χ4n) is 0.972. The normalized spacial score (nSPS) is 15.0. The number of rotatable bonds is 4. The summed E-state index contributed by atoms with van der Waals surface area (Å²) in [6.45, 7) is 1.87. The predicted octanol–water partition coefficient (Wildman–Crippen LogP) is 0.806. The molecule has 1 rings (SSSR count). The van der Waals surface area contributed by atoms with Crippen molar-refractivity contribution in [3.8, 4) is 0 Å². The van der Waals surface area contributed by atoms with Gasteiger partial charge in [0.25, 0.3) is 0 Å². The van der Waals surface area contributed by atoms with Gasteiger partial charge in [0, 0.05) is 13.3 Å². The topological polar surface area (TPSA) is 65.2 Å². The second kappa shape index (κ2) is 5.07. The number of ether oxygens (including phenoxy) is 1. The van der Waals surface area contributed by atoms with E-state index in [-0.39, 0.29) is 6.10 Å². The first-order chi connectivity index (χ1) is 6.65. The number of pyridine rings is 1. The van der Waals surface area contributed by atoms with Gasteiger partial charge in [-0.05, 0) is 13.0 Å². The van der Waals surface area contributed by atoms with Crippen molar-refractivity contribution in [2.45, 2.75) is 17.9 Å². The van der Waals surface area contributed by atoms with Crippen molar-refractivity contribution >= 4 is 16.5 Å². The highest BCUT2D eigenvalue weighted by Gasteiger charge is 2.11. The third-order valence-corrected chi connectivity index (χ3v) is 3.48. The quantitative estimate of drug-likeness (QED) is 0.805. The van der Waals surface area contributed by atoms with Crippen LogP contribution in [0.25, 0.3) is 0 Å². The summed E-state index contributed by atoms with van der Waals surface area (Å²) >= 11 is 0. The second-order valence-corrected chi connectivity index (χ2v) is 4.44. The van der Waals surface area contributed by atoms with Crippen LogP contribution in [-0.4, -0.2) is 28.2 Å². The number of nitrogens with two attached hydrogens (primary N) is 1. The highest BCUT2D eigenvalue weighted by atomic mass is 32.2. The van der Waals surface area contributed by atoms with Crippen molar-refractivity contribution in [2.75, 3.05) is 18.6 Å². The molecule has 14 heavy (non-hydrogen) atoms. The van der Waals surface area contributed by atoms with Gasteiger partial charge in [-0.2, -0.15) is 0 Å². The smallest absolute Gasteiger partial charge is 0.0664 e. The summed E-state index contributed by atoms with van der Waals surface area (Å²) in [5, 5.41) is 0. The van der Waals surface area contributed by atoms with Crippen LogP contribution in [0.5, 0.6) is 0 Å². The summed E-state index contributed by atoms with van der Waals surface area (Å²) in [5.74, 6) is 0.449. The SMILES string of the molecule is COC(C)CS(=O)c1ccncc1N. The molecule has 4 nitrogen and oxygen atoms in total. The Morgan fingerprint density at radius 3 is 3.00 bits per heavy atom. The average molecular weight is 214 g/mol. The number of anilines is 1. The molecule has 0 saturated carbocycles. The van der Waals surface area contributed by atoms with Gasteiger partial charge in [-0.1, -0.05) is 0 Å². The van der Waals surface area contributed by atoms with Crippen LogP contribution in [0.1, 0.15) is 6.92 Å². The lowest BCUT2D eigenvalue weighted by Gasteiger charge is -2.09. The average Bonchev–Trinajstić information content (AvgIpc) is 2.18. The van der Waals surface area contributed by atoms with Crippen molar-refractivity contribution in [2.24, 2.45) is 0 Å². The first-order valence-corrected chi connectivity index (χ1v) is 5.57. The maximum atomic E-state index is 11.8. The van der Waals surface area contributed by atoms with Gasteiger partial charge in [0.15, 0.2) is 0 Å². The van der Waals surface area contributed by atoms with Gasteiger partial charge < -0.3 is 10.5 Å². The maximum absolute atomic E-state index is 11.8. The molecule has 0 aromatic carbocycles. The standard InChI is InChI=1S/C9H14N2O2S/c1-7(13-2)6-14(12)9-3-4-11-5-8(9)10/h3-5,7H,6,10H2,1-2H3. The van der Waals surface area contributed by atoms with Gasteiger partial charge in [-0.25, -0.2) is 0 Å². The number of methoxy groups -OCH3 is 1. The molecule has 1 aromatic rings. The zero-order valence-electron chi connectivity index (χ0n) is 8.27. The number of nitrogen functional groups attached to an aromatic ring is 1. The molecular weight excluding hydrogens is 200 g/mol. The van der Waals surface area contributed by atoms with Gasteiger partial charge in [-0.3, -0.25) is 9.19 Å². The monoisotopic (exact) mass is 214 g/mol. The minimum Gasteiger partial charge on any atom is -0.396 e. The Morgan fingerprint density at radius 2 is 2.43 bits per heavy atom. The largest absolute Gasteiger partial charge is 0.396 e. The number of nitrogens with zero attached hydrogens (tertiary/aromatic N) is 1. The maximum Gasteiger partial charge on any atom is 0.0664 e. The molecule has 0 bridgehead atoms. The molecule has 5 heteroatoms. The summed E-state index contributed by atoms with van der Waals surface area (Å²) in [4.78, 5) is 4.46. The highest BCUT2D eigenvalue weighted by Crippen LogP contribution is 2.14. The molecule has 0 radical (unpaired) electrons. The third kappa shape index (κ3) is 2.78. The summed E-state index contributed by atoms with van der Waals surface area (Å²) in [6.07, 6.45) is 3.05. The van der Waals surface area contributed by atoms with Gasteiger partial charge >= 0.3 is 0 Å². The Balaban J connectivity index is 2.75. The van der Waals surface area contributed by atoms with E-state index in [1.165, 1.54) is 6.20 Å². The third-order valence-electron chi connectivity index (χ3n) is 1.84. The molecule has 0 aliphatic carbocycles. The van der Waals surface area contributed by atoms with E-state index in [1.807, 2.05) is 6.92 Å². The lowest BCUT2D eigenvalue weighted by atomic mass is 10.4. The fourth-order valence-corrected chi connectivity index (χ4v) is 2.24. The van der Waals surface area contributed by atoms with Gasteiger partial charge in [0.1, 0.15) is 0 Å². The molecule has 2 N–H and O–H groups in total. The van der Waals surface area contributed by atoms with Crippen LogP contribution in [0.4, 0.5) is 5.69 Å². The number of hydrogen-bond donors (Lipinski definition) is 1. The van der Waals surface area contributed by atoms with Crippen LogP contribution < -0.4 is 5.73 Å². The van der Waals surface area contributed by atoms with Gasteiger partial charge in [-0.15, -0.1) is 0 Å². The molecule has 78 valence electrons. The molecule has 0 aliphatic heterocycles. The Morgan fingerprint density at radius 1 is 1.71 bits per heavy atom. The van der Waals surface area contributed by atoms with E-state index in [1.54, 1.807) is 19.4 Å². The van der Waals surface area contributed by atoms with E-state index in [2.05, 4.69) is 4.98 Å². The van der Waals surface area contributed by atoms with Gasteiger partial charge in [0.2, 0.25) is 0 Å². The van der Waals surface area contributed by atoms with Crippen LogP contribution in [0.15, 0.2) is 23.4 Å². The van der Waals surface area contributed by atoms with E-state index in [4.69, 9.17) is 10.5 Å². The van der Waals surface area contributed by atoms with E-state index < -0.39 is 10.8 Å². The van der Waals surface area contributed by atoms with Crippen LogP contribution in [0.3, 0.4) is 0 Å². The van der Waals surface area contributed by atoms with E-state index in [9.17, 15) is 4.21 Å². The molecular formula is C9H14N2O2S. The Kier molecular flexibility index (Phi) is 4.03. The first kappa shape index (κ1) is 11.1. The van der Waals surface area contributed by atoms with Crippen LogP contribution in [0.2, 0.25) is 0 Å². The number of hydrogen-bond acceptors (Lipinski definition) is 4. The first-order valence-electron chi connectivity index (χ1n) is 4.25. The molecule has 0 aliphatic rings. The van der Waals surface area contributed by atoms with Crippen LogP contribution >= 0.6 is 0 Å². The minimum atomic E-state index is -1.11. The zero-order chi connectivity index (χ0) is 10.6. The molecule has 0 spiro atoms.